The van der Waals surface area contributed by atoms with Crippen molar-refractivity contribution in [3.05, 3.63) is 46.5 Å². The zero-order chi connectivity index (χ0) is 41.0. The van der Waals surface area contributed by atoms with Crippen molar-refractivity contribution in [3.63, 3.8) is 0 Å². The maximum atomic E-state index is 14.0. The van der Waals surface area contributed by atoms with Gasteiger partial charge in [-0.2, -0.15) is 13.2 Å². The molecule has 10 atom stereocenters. The smallest absolute Gasteiger partial charge is 0.416 e. The van der Waals surface area contributed by atoms with Crippen LogP contribution in [-0.4, -0.2) is 35.5 Å². The third-order valence-electron chi connectivity index (χ3n) is 18.0. The van der Waals surface area contributed by atoms with Crippen LogP contribution in [0.1, 0.15) is 144 Å². The molecule has 6 aliphatic carbocycles. The summed E-state index contributed by atoms with van der Waals surface area (Å²) in [6.45, 7) is 21.6. The largest absolute Gasteiger partial charge is 0.481 e. The van der Waals surface area contributed by atoms with Gasteiger partial charge >= 0.3 is 18.1 Å². The highest BCUT2D eigenvalue weighted by atomic mass is 19.4. The highest BCUT2D eigenvalue weighted by Gasteiger charge is 2.70. The lowest BCUT2D eigenvalue weighted by molar-refractivity contribution is -0.236. The van der Waals surface area contributed by atoms with Crippen molar-refractivity contribution in [1.29, 1.82) is 0 Å². The average Bonchev–Trinajstić information content (AvgIpc) is 3.39. The number of allylic oxidation sites excluding steroid dienone is 2. The molecule has 0 aliphatic heterocycles. The van der Waals surface area contributed by atoms with Crippen LogP contribution in [0.2, 0.25) is 0 Å². The SMILES string of the molecule is CC(C)C1=C2[C@H]3CC[C@@H]4[C@@]5(C)CC[C@H](OC(=O)[C@H]6C[C@@H](C(=O)O)C6(C)C)C(C)(C)[C@@H]5CC[C@@]4(C)[C@]3(C)CC[C@@]2(CCNCc2ccc(C(F)(F)F)cc2)CC1=O. The van der Waals surface area contributed by atoms with Gasteiger partial charge in [0.1, 0.15) is 6.10 Å². The number of halogens is 3. The van der Waals surface area contributed by atoms with Crippen LogP contribution in [0, 0.1) is 68.0 Å². The van der Waals surface area contributed by atoms with Gasteiger partial charge in [0.25, 0.3) is 0 Å². The number of hydrogen-bond acceptors (Lipinski definition) is 5. The van der Waals surface area contributed by atoms with E-state index in [1.54, 1.807) is 12.1 Å². The molecule has 56 heavy (non-hydrogen) atoms. The van der Waals surface area contributed by atoms with E-state index in [9.17, 15) is 32.7 Å². The number of rotatable bonds is 9. The van der Waals surface area contributed by atoms with E-state index in [1.807, 2.05) is 13.8 Å². The zero-order valence-corrected chi connectivity index (χ0v) is 35.3. The summed E-state index contributed by atoms with van der Waals surface area (Å²) < 4.78 is 45.8. The molecule has 5 fully saturated rings. The number of esters is 1. The van der Waals surface area contributed by atoms with Crippen LogP contribution >= 0.6 is 0 Å². The number of carbonyl (C=O) groups is 3. The van der Waals surface area contributed by atoms with E-state index in [1.165, 1.54) is 5.57 Å². The molecule has 1 aromatic rings. The van der Waals surface area contributed by atoms with Gasteiger partial charge in [-0.1, -0.05) is 80.0 Å². The number of aliphatic carboxylic acids is 1. The van der Waals surface area contributed by atoms with Gasteiger partial charge < -0.3 is 15.2 Å². The minimum atomic E-state index is -4.35. The van der Waals surface area contributed by atoms with Crippen molar-refractivity contribution in [2.24, 2.45) is 68.0 Å². The Balaban J connectivity index is 1.09. The standard InChI is InChI=1S/C47H66F3NO5/c1-27(2)37-33(52)25-46(22-23-51-26-28-10-12-29(13-11-28)47(48,49)50)21-20-44(8)30(38(37)46)14-15-35-43(7)18-17-36(42(5,6)34(43)16-19-45(35,44)9)56-40(55)32-24-31(39(53)54)41(32,3)4/h10-13,27,30-32,34-36,51H,14-26H2,1-9H3,(H,53,54)/t30-,31+,32-,34+,35-,36+,43+,44-,45-,46-/m1/s1. The number of Topliss-reactive ketones (excluding diaryl/α,β-unsaturated/α-hetero) is 1. The molecule has 0 aromatic heterocycles. The van der Waals surface area contributed by atoms with E-state index in [2.05, 4.69) is 53.8 Å². The molecule has 0 saturated heterocycles. The minimum Gasteiger partial charge on any atom is -0.481 e. The Morgan fingerprint density at radius 1 is 0.857 bits per heavy atom. The van der Waals surface area contributed by atoms with Gasteiger partial charge in [-0.05, 0) is 139 Å². The second-order valence-electron chi connectivity index (χ2n) is 21.4. The lowest BCUT2D eigenvalue weighted by Gasteiger charge is -2.72. The number of hydrogen-bond donors (Lipinski definition) is 2. The number of carbonyl (C=O) groups excluding carboxylic acids is 2. The first-order chi connectivity index (χ1) is 25.9. The van der Waals surface area contributed by atoms with Crippen LogP contribution in [0.4, 0.5) is 13.2 Å². The molecule has 7 rings (SSSR count). The van der Waals surface area contributed by atoms with Crippen LogP contribution in [0.5, 0.6) is 0 Å². The summed E-state index contributed by atoms with van der Waals surface area (Å²) >= 11 is 0. The Morgan fingerprint density at radius 3 is 2.14 bits per heavy atom. The molecule has 5 saturated carbocycles. The summed E-state index contributed by atoms with van der Waals surface area (Å²) in [5, 5.41) is 13.2. The molecule has 1 aromatic carbocycles. The number of alkyl halides is 3. The predicted octanol–water partition coefficient (Wildman–Crippen LogP) is 10.8. The Kier molecular flexibility index (Phi) is 10.1. The quantitative estimate of drug-likeness (QED) is 0.191. The van der Waals surface area contributed by atoms with Gasteiger partial charge in [0.2, 0.25) is 0 Å². The molecule has 0 amide bonds. The van der Waals surface area contributed by atoms with E-state index >= 15 is 0 Å². The van der Waals surface area contributed by atoms with Gasteiger partial charge in [-0.15, -0.1) is 0 Å². The first kappa shape index (κ1) is 41.5. The number of ketones is 1. The molecular weight excluding hydrogens is 716 g/mol. The second kappa shape index (κ2) is 13.7. The van der Waals surface area contributed by atoms with E-state index in [0.29, 0.717) is 49.5 Å². The number of ether oxygens (including phenoxy) is 1. The zero-order valence-electron chi connectivity index (χ0n) is 35.3. The Labute approximate surface area is 332 Å². The molecule has 9 heteroatoms. The summed E-state index contributed by atoms with van der Waals surface area (Å²) in [4.78, 5) is 39.4. The topological polar surface area (TPSA) is 92.7 Å². The number of benzene rings is 1. The van der Waals surface area contributed by atoms with Crippen molar-refractivity contribution in [3.8, 4) is 0 Å². The summed E-state index contributed by atoms with van der Waals surface area (Å²) in [6.07, 6.45) is 5.42. The molecule has 310 valence electrons. The summed E-state index contributed by atoms with van der Waals surface area (Å²) in [7, 11) is 0. The van der Waals surface area contributed by atoms with Crippen molar-refractivity contribution in [2.75, 3.05) is 6.54 Å². The Morgan fingerprint density at radius 2 is 1.54 bits per heavy atom. The lowest BCUT2D eigenvalue weighted by Crippen LogP contribution is -2.66. The van der Waals surface area contributed by atoms with Gasteiger partial charge in [-0.25, -0.2) is 0 Å². The third-order valence-corrected chi connectivity index (χ3v) is 18.0. The first-order valence-corrected chi connectivity index (χ1v) is 21.5. The summed E-state index contributed by atoms with van der Waals surface area (Å²) in [5.74, 6) is -0.295. The molecule has 6 aliphatic rings. The van der Waals surface area contributed by atoms with Crippen molar-refractivity contribution in [1.82, 2.24) is 5.32 Å². The molecule has 0 heterocycles. The Bertz CT molecular complexity index is 1780. The van der Waals surface area contributed by atoms with Crippen LogP contribution in [0.3, 0.4) is 0 Å². The normalized spacial score (nSPS) is 39.9. The van der Waals surface area contributed by atoms with Gasteiger partial charge in [0.15, 0.2) is 5.78 Å². The van der Waals surface area contributed by atoms with E-state index < -0.39 is 35.0 Å². The maximum Gasteiger partial charge on any atom is 0.416 e. The van der Waals surface area contributed by atoms with Crippen molar-refractivity contribution >= 4 is 17.7 Å². The fraction of sp³-hybridized carbons (Fsp3) is 0.766. The molecule has 0 spiro atoms. The molecule has 2 N–H and O–H groups in total. The molecule has 6 nitrogen and oxygen atoms in total. The minimum absolute atomic E-state index is 0.0328. The predicted molar refractivity (Wildman–Crippen MR) is 210 cm³/mol. The lowest BCUT2D eigenvalue weighted by atomic mass is 9.33. The highest BCUT2D eigenvalue weighted by Crippen LogP contribution is 2.77. The third kappa shape index (κ3) is 6.15. The fourth-order valence-corrected chi connectivity index (χ4v) is 14.6. The highest BCUT2D eigenvalue weighted by molar-refractivity contribution is 6.00. The molecular formula is C47H66F3NO5. The molecule has 0 radical (unpaired) electrons. The van der Waals surface area contributed by atoms with Gasteiger partial charge in [0, 0.05) is 23.8 Å². The number of carboxylic acid groups (broad SMARTS) is 1. The fourth-order valence-electron chi connectivity index (χ4n) is 14.6. The van der Waals surface area contributed by atoms with E-state index in [0.717, 1.165) is 81.1 Å². The van der Waals surface area contributed by atoms with Crippen LogP contribution < -0.4 is 5.32 Å². The number of fused-ring (bicyclic) bond motifs is 7. The number of nitrogens with one attached hydrogen (secondary N) is 1. The number of carboxylic acids is 1. The molecule has 0 bridgehead atoms. The second-order valence-corrected chi connectivity index (χ2v) is 21.4. The molecule has 0 unspecified atom stereocenters. The summed E-state index contributed by atoms with van der Waals surface area (Å²) in [6, 6.07) is 5.38. The maximum absolute atomic E-state index is 14.0. The Hall–Kier alpha value is -2.68. The van der Waals surface area contributed by atoms with Gasteiger partial charge in [0.05, 0.1) is 17.4 Å². The monoisotopic (exact) mass is 781 g/mol. The first-order valence-electron chi connectivity index (χ1n) is 21.5. The van der Waals surface area contributed by atoms with Crippen molar-refractivity contribution in [2.45, 2.75) is 152 Å². The van der Waals surface area contributed by atoms with Crippen LogP contribution in [-0.2, 0) is 31.8 Å². The van der Waals surface area contributed by atoms with E-state index in [-0.39, 0.29) is 45.1 Å². The summed E-state index contributed by atoms with van der Waals surface area (Å²) in [5.41, 5.74) is 1.86. The van der Waals surface area contributed by atoms with E-state index in [4.69, 9.17) is 4.74 Å². The van der Waals surface area contributed by atoms with Crippen LogP contribution in [0.15, 0.2) is 35.4 Å². The van der Waals surface area contributed by atoms with Crippen molar-refractivity contribution < 1.29 is 37.4 Å². The average molecular weight is 782 g/mol. The van der Waals surface area contributed by atoms with Gasteiger partial charge in [-0.3, -0.25) is 14.4 Å². The van der Waals surface area contributed by atoms with Crippen LogP contribution in [0.25, 0.3) is 0 Å².